The van der Waals surface area contributed by atoms with Crippen LogP contribution in [-0.4, -0.2) is 24.3 Å². The minimum atomic E-state index is -0.985. The number of hydrogen-bond donors (Lipinski definition) is 1. The van der Waals surface area contributed by atoms with Gasteiger partial charge in [-0.05, 0) is 42.1 Å². The number of carbonyl (C=O) groups is 1. The molecule has 0 aliphatic carbocycles. The molecule has 0 saturated heterocycles. The summed E-state index contributed by atoms with van der Waals surface area (Å²) in [5.74, 6) is 0.348. The van der Waals surface area contributed by atoms with E-state index in [9.17, 15) is 4.79 Å². The number of carboxylic acids is 1. The molecule has 4 nitrogen and oxygen atoms in total. The number of thiophene rings is 1. The van der Waals surface area contributed by atoms with Crippen molar-refractivity contribution in [2.45, 2.75) is 13.3 Å². The van der Waals surface area contributed by atoms with Crippen LogP contribution in [0.5, 0.6) is 11.5 Å². The standard InChI is InChI=1S/C15H16O4S/c1-11-9-12(4-5-14(11)19-10-15(16)17)18-7-6-13-3-2-8-20-13/h2-5,8-9H,6-7,10H2,1H3,(H,16,17). The van der Waals surface area contributed by atoms with Crippen molar-refractivity contribution in [1.82, 2.24) is 0 Å². The first kappa shape index (κ1) is 14.4. The number of hydrogen-bond acceptors (Lipinski definition) is 4. The van der Waals surface area contributed by atoms with Gasteiger partial charge in [0.15, 0.2) is 6.61 Å². The minimum absolute atomic E-state index is 0.334. The summed E-state index contributed by atoms with van der Waals surface area (Å²) in [6, 6.07) is 9.49. The second-order valence-corrected chi connectivity index (χ2v) is 5.32. The molecule has 1 aromatic carbocycles. The lowest BCUT2D eigenvalue weighted by Gasteiger charge is -2.10. The summed E-state index contributed by atoms with van der Waals surface area (Å²) >= 11 is 1.72. The van der Waals surface area contributed by atoms with E-state index in [4.69, 9.17) is 14.6 Å². The van der Waals surface area contributed by atoms with Crippen molar-refractivity contribution >= 4 is 17.3 Å². The lowest BCUT2D eigenvalue weighted by Crippen LogP contribution is -2.10. The van der Waals surface area contributed by atoms with Gasteiger partial charge < -0.3 is 14.6 Å². The molecule has 0 atom stereocenters. The van der Waals surface area contributed by atoms with E-state index in [0.29, 0.717) is 12.4 Å². The first-order chi connectivity index (χ1) is 9.65. The smallest absolute Gasteiger partial charge is 0.341 e. The molecular weight excluding hydrogens is 276 g/mol. The van der Waals surface area contributed by atoms with Gasteiger partial charge in [0.05, 0.1) is 6.61 Å². The zero-order valence-electron chi connectivity index (χ0n) is 11.2. The summed E-state index contributed by atoms with van der Waals surface area (Å²) < 4.78 is 10.8. The van der Waals surface area contributed by atoms with Crippen LogP contribution in [0.1, 0.15) is 10.4 Å². The van der Waals surface area contributed by atoms with Crippen LogP contribution in [0.25, 0.3) is 0 Å². The van der Waals surface area contributed by atoms with Crippen LogP contribution in [-0.2, 0) is 11.2 Å². The molecule has 106 valence electrons. The summed E-state index contributed by atoms with van der Waals surface area (Å²) in [5, 5.41) is 10.6. The quantitative estimate of drug-likeness (QED) is 0.851. The SMILES string of the molecule is Cc1cc(OCCc2cccs2)ccc1OCC(=O)O. The normalized spacial score (nSPS) is 10.2. The van der Waals surface area contributed by atoms with Crippen molar-refractivity contribution in [3.05, 3.63) is 46.2 Å². The van der Waals surface area contributed by atoms with Crippen LogP contribution in [0.4, 0.5) is 0 Å². The van der Waals surface area contributed by atoms with Crippen molar-refractivity contribution in [2.75, 3.05) is 13.2 Å². The third-order valence-electron chi connectivity index (χ3n) is 2.69. The number of carboxylic acid groups (broad SMARTS) is 1. The zero-order valence-corrected chi connectivity index (χ0v) is 12.0. The van der Waals surface area contributed by atoms with Crippen molar-refractivity contribution in [1.29, 1.82) is 0 Å². The Morgan fingerprint density at radius 1 is 1.30 bits per heavy atom. The maximum atomic E-state index is 10.5. The van der Waals surface area contributed by atoms with Gasteiger partial charge in [0.1, 0.15) is 11.5 Å². The predicted molar refractivity (Wildman–Crippen MR) is 77.8 cm³/mol. The Bertz CT molecular complexity index is 563. The van der Waals surface area contributed by atoms with E-state index >= 15 is 0 Å². The summed E-state index contributed by atoms with van der Waals surface area (Å²) in [5.41, 5.74) is 0.861. The Balaban J connectivity index is 1.86. The van der Waals surface area contributed by atoms with Crippen LogP contribution >= 0.6 is 11.3 Å². The average molecular weight is 292 g/mol. The maximum Gasteiger partial charge on any atom is 0.341 e. The molecular formula is C15H16O4S. The molecule has 0 radical (unpaired) electrons. The van der Waals surface area contributed by atoms with Crippen molar-refractivity contribution < 1.29 is 19.4 Å². The molecule has 0 aliphatic rings. The van der Waals surface area contributed by atoms with Gasteiger partial charge in [0.25, 0.3) is 0 Å². The van der Waals surface area contributed by atoms with Crippen LogP contribution < -0.4 is 9.47 Å². The Morgan fingerprint density at radius 3 is 2.80 bits per heavy atom. The first-order valence-corrected chi connectivity index (χ1v) is 7.13. The minimum Gasteiger partial charge on any atom is -0.493 e. The molecule has 0 aliphatic heterocycles. The Kier molecular flexibility index (Phi) is 5.01. The second kappa shape index (κ2) is 6.96. The number of aryl methyl sites for hydroxylation is 1. The van der Waals surface area contributed by atoms with Crippen molar-refractivity contribution in [3.8, 4) is 11.5 Å². The molecule has 0 amide bonds. The molecule has 0 saturated carbocycles. The van der Waals surface area contributed by atoms with Gasteiger partial charge in [-0.3, -0.25) is 0 Å². The Hall–Kier alpha value is -2.01. The van der Waals surface area contributed by atoms with Gasteiger partial charge in [-0.25, -0.2) is 4.79 Å². The van der Waals surface area contributed by atoms with E-state index in [1.807, 2.05) is 24.4 Å². The van der Waals surface area contributed by atoms with E-state index < -0.39 is 5.97 Å². The van der Waals surface area contributed by atoms with E-state index in [2.05, 4.69) is 6.07 Å². The second-order valence-electron chi connectivity index (χ2n) is 4.29. The van der Waals surface area contributed by atoms with Crippen molar-refractivity contribution in [3.63, 3.8) is 0 Å². The highest BCUT2D eigenvalue weighted by atomic mass is 32.1. The monoisotopic (exact) mass is 292 g/mol. The number of rotatable bonds is 7. The van der Waals surface area contributed by atoms with Crippen LogP contribution in [0.2, 0.25) is 0 Å². The largest absolute Gasteiger partial charge is 0.493 e. The van der Waals surface area contributed by atoms with Gasteiger partial charge >= 0.3 is 5.97 Å². The summed E-state index contributed by atoms with van der Waals surface area (Å²) in [6.45, 7) is 2.15. The average Bonchev–Trinajstić information content (AvgIpc) is 2.91. The molecule has 2 aromatic rings. The maximum absolute atomic E-state index is 10.5. The van der Waals surface area contributed by atoms with Crippen molar-refractivity contribution in [2.24, 2.45) is 0 Å². The van der Waals surface area contributed by atoms with Crippen LogP contribution in [0.3, 0.4) is 0 Å². The van der Waals surface area contributed by atoms with Gasteiger partial charge in [-0.1, -0.05) is 6.07 Å². The van der Waals surface area contributed by atoms with E-state index in [-0.39, 0.29) is 6.61 Å². The molecule has 0 spiro atoms. The highest BCUT2D eigenvalue weighted by Gasteiger charge is 2.05. The van der Waals surface area contributed by atoms with Gasteiger partial charge in [0, 0.05) is 11.3 Å². The molecule has 5 heteroatoms. The van der Waals surface area contributed by atoms with Crippen LogP contribution in [0, 0.1) is 6.92 Å². The zero-order chi connectivity index (χ0) is 14.4. The fourth-order valence-corrected chi connectivity index (χ4v) is 2.43. The highest BCUT2D eigenvalue weighted by Crippen LogP contribution is 2.23. The molecule has 0 bridgehead atoms. The van der Waals surface area contributed by atoms with E-state index in [1.54, 1.807) is 23.5 Å². The molecule has 1 N–H and O–H groups in total. The summed E-state index contributed by atoms with van der Waals surface area (Å²) in [7, 11) is 0. The van der Waals surface area contributed by atoms with Crippen LogP contribution in [0.15, 0.2) is 35.7 Å². The van der Waals surface area contributed by atoms with E-state index in [0.717, 1.165) is 17.7 Å². The van der Waals surface area contributed by atoms with Gasteiger partial charge in [0.2, 0.25) is 0 Å². The topological polar surface area (TPSA) is 55.8 Å². The fourth-order valence-electron chi connectivity index (χ4n) is 1.74. The van der Waals surface area contributed by atoms with Gasteiger partial charge in [-0.15, -0.1) is 11.3 Å². The molecule has 1 heterocycles. The predicted octanol–water partition coefficient (Wildman–Crippen LogP) is 3.14. The lowest BCUT2D eigenvalue weighted by molar-refractivity contribution is -0.139. The Labute approximate surface area is 121 Å². The molecule has 0 unspecified atom stereocenters. The third-order valence-corrected chi connectivity index (χ3v) is 3.63. The van der Waals surface area contributed by atoms with Gasteiger partial charge in [-0.2, -0.15) is 0 Å². The molecule has 20 heavy (non-hydrogen) atoms. The highest BCUT2D eigenvalue weighted by molar-refractivity contribution is 7.09. The molecule has 1 aromatic heterocycles. The fraction of sp³-hybridized carbons (Fsp3) is 0.267. The molecule has 2 rings (SSSR count). The van der Waals surface area contributed by atoms with E-state index in [1.165, 1.54) is 4.88 Å². The Morgan fingerprint density at radius 2 is 2.15 bits per heavy atom. The number of aliphatic carboxylic acids is 1. The number of benzene rings is 1. The first-order valence-electron chi connectivity index (χ1n) is 6.25. The summed E-state index contributed by atoms with van der Waals surface area (Å²) in [4.78, 5) is 11.8. The number of ether oxygens (including phenoxy) is 2. The lowest BCUT2D eigenvalue weighted by atomic mass is 10.2. The molecule has 0 fully saturated rings. The third kappa shape index (κ3) is 4.28. The summed E-state index contributed by atoms with van der Waals surface area (Å²) in [6.07, 6.45) is 0.883.